The molecule has 1 aromatic heterocycles. The molecule has 2 N–H and O–H groups in total. The third-order valence-electron chi connectivity index (χ3n) is 6.51. The first-order chi connectivity index (χ1) is 17.2. The van der Waals surface area contributed by atoms with Crippen molar-refractivity contribution in [2.24, 2.45) is 5.92 Å². The number of nitrogens with zero attached hydrogens (tertiary/aromatic N) is 2. The number of hydrogen-bond donors (Lipinski definition) is 2. The zero-order chi connectivity index (χ0) is 26.2. The van der Waals surface area contributed by atoms with Crippen LogP contribution in [0.3, 0.4) is 0 Å². The summed E-state index contributed by atoms with van der Waals surface area (Å²) in [5.74, 6) is -1.01. The Morgan fingerprint density at radius 1 is 1.08 bits per heavy atom. The predicted molar refractivity (Wildman–Crippen MR) is 134 cm³/mol. The van der Waals surface area contributed by atoms with Gasteiger partial charge in [-0.15, -0.1) is 0 Å². The van der Waals surface area contributed by atoms with Crippen LogP contribution >= 0.6 is 0 Å². The maximum atomic E-state index is 12.7. The van der Waals surface area contributed by atoms with Gasteiger partial charge < -0.3 is 24.7 Å². The Morgan fingerprint density at radius 3 is 2.36 bits per heavy atom. The molecule has 0 bridgehead atoms. The van der Waals surface area contributed by atoms with Crippen LogP contribution in [0.15, 0.2) is 30.3 Å². The van der Waals surface area contributed by atoms with Crippen LogP contribution in [0, 0.1) is 31.1 Å². The van der Waals surface area contributed by atoms with E-state index in [2.05, 4.69) is 16.7 Å². The van der Waals surface area contributed by atoms with Gasteiger partial charge >= 0.3 is 5.97 Å². The summed E-state index contributed by atoms with van der Waals surface area (Å²) in [6, 6.07) is 10.4. The second kappa shape index (κ2) is 12.2. The van der Waals surface area contributed by atoms with Crippen LogP contribution < -0.4 is 15.4 Å². The lowest BCUT2D eigenvalue weighted by Crippen LogP contribution is -2.47. The molecule has 1 aliphatic carbocycles. The Morgan fingerprint density at radius 2 is 1.75 bits per heavy atom. The van der Waals surface area contributed by atoms with Gasteiger partial charge in [0.2, 0.25) is 0 Å². The summed E-state index contributed by atoms with van der Waals surface area (Å²) in [6.07, 6.45) is 4.18. The Hall–Kier alpha value is -3.80. The van der Waals surface area contributed by atoms with E-state index in [1.807, 2.05) is 24.5 Å². The van der Waals surface area contributed by atoms with E-state index in [4.69, 9.17) is 9.47 Å². The molecule has 0 spiro atoms. The van der Waals surface area contributed by atoms with E-state index in [0.29, 0.717) is 17.1 Å². The third kappa shape index (κ3) is 6.45. The molecule has 2 aromatic rings. The number of para-hydroxylation sites is 1. The number of anilines is 1. The Bertz CT molecular complexity index is 1130. The number of aromatic nitrogens is 1. The van der Waals surface area contributed by atoms with Gasteiger partial charge in [0, 0.05) is 11.7 Å². The lowest BCUT2D eigenvalue weighted by Gasteiger charge is -2.21. The van der Waals surface area contributed by atoms with E-state index in [9.17, 15) is 19.6 Å². The summed E-state index contributed by atoms with van der Waals surface area (Å²) in [5.41, 5.74) is 2.20. The van der Waals surface area contributed by atoms with E-state index in [1.54, 1.807) is 38.1 Å². The van der Waals surface area contributed by atoms with E-state index >= 15 is 0 Å². The minimum atomic E-state index is -0.939. The number of rotatable bonds is 10. The molecule has 1 aliphatic rings. The normalized spacial score (nSPS) is 14.2. The first kappa shape index (κ1) is 26.8. The smallest absolute Gasteiger partial charge is 0.329 e. The highest BCUT2D eigenvalue weighted by Gasteiger charge is 2.29. The minimum absolute atomic E-state index is 0.224. The van der Waals surface area contributed by atoms with Crippen LogP contribution in [-0.2, 0) is 19.1 Å². The largest absolute Gasteiger partial charge is 0.484 e. The molecule has 3 rings (SSSR count). The zero-order valence-corrected chi connectivity index (χ0v) is 21.3. The number of benzene rings is 1. The van der Waals surface area contributed by atoms with Gasteiger partial charge in [0.1, 0.15) is 23.7 Å². The predicted octanol–water partition coefficient (Wildman–Crippen LogP) is 3.79. The van der Waals surface area contributed by atoms with Crippen LogP contribution in [0.2, 0.25) is 0 Å². The van der Waals surface area contributed by atoms with Crippen LogP contribution in [0.25, 0.3) is 0 Å². The van der Waals surface area contributed by atoms with Crippen LogP contribution in [-0.4, -0.2) is 41.6 Å². The Kier molecular flexibility index (Phi) is 9.12. The molecule has 0 saturated heterocycles. The van der Waals surface area contributed by atoms with Crippen LogP contribution in [0.5, 0.6) is 5.75 Å². The van der Waals surface area contributed by atoms with E-state index < -0.39 is 30.4 Å². The molecule has 0 radical (unpaired) electrons. The fourth-order valence-corrected chi connectivity index (χ4v) is 4.48. The van der Waals surface area contributed by atoms with E-state index in [-0.39, 0.29) is 18.6 Å². The lowest BCUT2D eigenvalue weighted by atomic mass is 10.0. The van der Waals surface area contributed by atoms with Gasteiger partial charge in [0.25, 0.3) is 11.8 Å². The van der Waals surface area contributed by atoms with Crippen molar-refractivity contribution in [3.05, 3.63) is 47.2 Å². The van der Waals surface area contributed by atoms with Gasteiger partial charge in [-0.05, 0) is 50.3 Å². The molecule has 1 saturated carbocycles. The van der Waals surface area contributed by atoms with Gasteiger partial charge in [-0.1, -0.05) is 44.9 Å². The molecule has 1 aromatic carbocycles. The lowest BCUT2D eigenvalue weighted by molar-refractivity contribution is -0.152. The quantitative estimate of drug-likeness (QED) is 0.485. The van der Waals surface area contributed by atoms with Crippen molar-refractivity contribution in [2.45, 2.75) is 65.5 Å². The summed E-state index contributed by atoms with van der Waals surface area (Å²) in [4.78, 5) is 37.7. The van der Waals surface area contributed by atoms with Crippen molar-refractivity contribution < 1.29 is 23.9 Å². The van der Waals surface area contributed by atoms with Gasteiger partial charge in [-0.25, -0.2) is 4.79 Å². The summed E-state index contributed by atoms with van der Waals surface area (Å²) < 4.78 is 12.7. The molecule has 9 heteroatoms. The van der Waals surface area contributed by atoms with E-state index in [1.165, 1.54) is 0 Å². The van der Waals surface area contributed by atoms with E-state index in [0.717, 1.165) is 36.9 Å². The maximum Gasteiger partial charge on any atom is 0.329 e. The zero-order valence-electron chi connectivity index (χ0n) is 21.3. The molecule has 1 atom stereocenters. The molecule has 0 unspecified atom stereocenters. The highest BCUT2D eigenvalue weighted by Crippen LogP contribution is 2.37. The van der Waals surface area contributed by atoms with Gasteiger partial charge in [-0.3, -0.25) is 9.59 Å². The first-order valence-electron chi connectivity index (χ1n) is 12.3. The van der Waals surface area contributed by atoms with Crippen molar-refractivity contribution in [3.63, 3.8) is 0 Å². The number of nitriles is 1. The highest BCUT2D eigenvalue weighted by molar-refractivity contribution is 5.94. The Labute approximate surface area is 211 Å². The van der Waals surface area contributed by atoms with Gasteiger partial charge in [-0.2, -0.15) is 5.26 Å². The SMILES string of the molecule is Cc1c(C#N)c(NC(=O)COC(=O)[C@@H](NC(=O)COc2ccccc2)C(C)C)n(C2CCCC2)c1C. The summed E-state index contributed by atoms with van der Waals surface area (Å²) in [5, 5.41) is 15.1. The third-order valence-corrected chi connectivity index (χ3v) is 6.51. The fourth-order valence-electron chi connectivity index (χ4n) is 4.48. The summed E-state index contributed by atoms with van der Waals surface area (Å²) in [6.45, 7) is 6.56. The average Bonchev–Trinajstić information content (AvgIpc) is 3.46. The number of carbonyl (C=O) groups is 3. The molecule has 36 heavy (non-hydrogen) atoms. The van der Waals surface area contributed by atoms with Crippen LogP contribution in [0.4, 0.5) is 5.82 Å². The monoisotopic (exact) mass is 494 g/mol. The van der Waals surface area contributed by atoms with Crippen molar-refractivity contribution in [1.82, 2.24) is 9.88 Å². The molecule has 1 heterocycles. The average molecular weight is 495 g/mol. The molecular weight excluding hydrogens is 460 g/mol. The Balaban J connectivity index is 1.59. The molecule has 9 nitrogen and oxygen atoms in total. The first-order valence-corrected chi connectivity index (χ1v) is 12.3. The second-order valence-corrected chi connectivity index (χ2v) is 9.40. The molecule has 192 valence electrons. The van der Waals surface area contributed by atoms with Gasteiger partial charge in [0.15, 0.2) is 13.2 Å². The maximum absolute atomic E-state index is 12.7. The highest BCUT2D eigenvalue weighted by atomic mass is 16.5. The number of hydrogen-bond acceptors (Lipinski definition) is 6. The van der Waals surface area contributed by atoms with Crippen molar-refractivity contribution in [2.75, 3.05) is 18.5 Å². The molecule has 0 aliphatic heterocycles. The van der Waals surface area contributed by atoms with Crippen LogP contribution in [0.1, 0.15) is 62.4 Å². The number of carbonyl (C=O) groups excluding carboxylic acids is 3. The summed E-state index contributed by atoms with van der Waals surface area (Å²) in [7, 11) is 0. The van der Waals surface area contributed by atoms with Crippen molar-refractivity contribution in [3.8, 4) is 11.8 Å². The second-order valence-electron chi connectivity index (χ2n) is 9.40. The number of ether oxygens (including phenoxy) is 2. The molecular formula is C27H34N4O5. The molecule has 2 amide bonds. The topological polar surface area (TPSA) is 122 Å². The molecule has 1 fully saturated rings. The minimum Gasteiger partial charge on any atom is -0.484 e. The van der Waals surface area contributed by atoms with Gasteiger partial charge in [0.05, 0.1) is 5.56 Å². The van der Waals surface area contributed by atoms with Crippen molar-refractivity contribution >= 4 is 23.6 Å². The number of esters is 1. The standard InChI is InChI=1S/C27H34N4O5/c1-17(2)25(29-23(32)15-35-21-12-6-5-7-13-21)27(34)36-16-24(33)30-26-22(14-28)18(3)19(4)31(26)20-10-8-9-11-20/h5-7,12-13,17,20,25H,8-11,15-16H2,1-4H3,(H,29,32)(H,30,33)/t25-/m0/s1. The van der Waals surface area contributed by atoms with Crippen molar-refractivity contribution in [1.29, 1.82) is 5.26 Å². The number of nitrogens with one attached hydrogen (secondary N) is 2. The summed E-state index contributed by atoms with van der Waals surface area (Å²) >= 11 is 0. The number of amides is 2. The fraction of sp³-hybridized carbons (Fsp3) is 0.481.